The van der Waals surface area contributed by atoms with Gasteiger partial charge in [-0.3, -0.25) is 0 Å². The smallest absolute Gasteiger partial charge is 0.120 e. The van der Waals surface area contributed by atoms with E-state index in [1.54, 1.807) is 6.07 Å². The van der Waals surface area contributed by atoms with Crippen LogP contribution in [0.5, 0.6) is 5.75 Å². The first kappa shape index (κ1) is 12.8. The zero-order valence-electron chi connectivity index (χ0n) is 8.72. The van der Waals surface area contributed by atoms with E-state index in [-0.39, 0.29) is 12.0 Å². The van der Waals surface area contributed by atoms with Crippen molar-refractivity contribution in [1.82, 2.24) is 0 Å². The van der Waals surface area contributed by atoms with Crippen molar-refractivity contribution in [3.63, 3.8) is 0 Å². The number of benzene rings is 1. The highest BCUT2D eigenvalue weighted by Gasteiger charge is 2.18. The van der Waals surface area contributed by atoms with E-state index in [2.05, 4.69) is 15.9 Å². The monoisotopic (exact) mass is 291 g/mol. The molecule has 0 spiro atoms. The third-order valence-corrected chi connectivity index (χ3v) is 3.14. The van der Waals surface area contributed by atoms with Gasteiger partial charge in [-0.1, -0.05) is 25.4 Å². The largest absolute Gasteiger partial charge is 0.493 e. The van der Waals surface area contributed by atoms with Gasteiger partial charge in [0.2, 0.25) is 0 Å². The molecular weight excluding hydrogens is 279 g/mol. The van der Waals surface area contributed by atoms with Crippen molar-refractivity contribution in [3.05, 3.63) is 27.7 Å². The van der Waals surface area contributed by atoms with Crippen molar-refractivity contribution in [2.45, 2.75) is 13.8 Å². The lowest BCUT2D eigenvalue weighted by atomic mass is 9.97. The summed E-state index contributed by atoms with van der Waals surface area (Å²) in [6.07, 6.45) is 0. The average molecular weight is 293 g/mol. The zero-order valence-corrected chi connectivity index (χ0v) is 11.1. The molecule has 0 bridgehead atoms. The van der Waals surface area contributed by atoms with Crippen molar-refractivity contribution in [2.75, 3.05) is 13.2 Å². The van der Waals surface area contributed by atoms with E-state index in [0.717, 1.165) is 4.47 Å². The second-order valence-electron chi connectivity index (χ2n) is 4.17. The predicted octanol–water partition coefficient (Wildman–Crippen LogP) is 3.94. The van der Waals surface area contributed by atoms with Crippen molar-refractivity contribution in [3.8, 4) is 5.75 Å². The predicted molar refractivity (Wildman–Crippen MR) is 64.0 cm³/mol. The molecule has 15 heavy (non-hydrogen) atoms. The van der Waals surface area contributed by atoms with Crippen LogP contribution in [-0.4, -0.2) is 13.2 Å². The summed E-state index contributed by atoms with van der Waals surface area (Å²) in [5.74, 6) is 0.685. The van der Waals surface area contributed by atoms with E-state index in [1.165, 1.54) is 0 Å². The third-order valence-electron chi connectivity index (χ3n) is 1.91. The van der Waals surface area contributed by atoms with Crippen LogP contribution in [0.1, 0.15) is 13.8 Å². The SMILES string of the molecule is CC(C)(C[O])COc1ccc(Br)c(Cl)c1. The van der Waals surface area contributed by atoms with Gasteiger partial charge < -0.3 is 4.74 Å². The van der Waals surface area contributed by atoms with Crippen LogP contribution in [0.25, 0.3) is 0 Å². The fourth-order valence-corrected chi connectivity index (χ4v) is 1.30. The Kier molecular flexibility index (Phi) is 4.44. The van der Waals surface area contributed by atoms with Gasteiger partial charge in [0.1, 0.15) is 5.75 Å². The van der Waals surface area contributed by atoms with Crippen molar-refractivity contribution < 1.29 is 9.84 Å². The van der Waals surface area contributed by atoms with Gasteiger partial charge >= 0.3 is 0 Å². The first-order chi connectivity index (χ1) is 6.94. The standard InChI is InChI=1S/C11H13BrClO2/c1-11(2,6-14)7-15-8-3-4-9(12)10(13)5-8/h3-5H,6-7H2,1-2H3. The van der Waals surface area contributed by atoms with Crippen LogP contribution in [0.4, 0.5) is 0 Å². The summed E-state index contributed by atoms with van der Waals surface area (Å²) in [5, 5.41) is 11.4. The highest BCUT2D eigenvalue weighted by atomic mass is 79.9. The number of ether oxygens (including phenoxy) is 1. The Morgan fingerprint density at radius 1 is 1.47 bits per heavy atom. The van der Waals surface area contributed by atoms with Crippen LogP contribution in [0, 0.1) is 5.41 Å². The molecule has 4 heteroatoms. The topological polar surface area (TPSA) is 29.1 Å². The van der Waals surface area contributed by atoms with Crippen LogP contribution in [-0.2, 0) is 5.11 Å². The van der Waals surface area contributed by atoms with Crippen LogP contribution in [0.3, 0.4) is 0 Å². The van der Waals surface area contributed by atoms with E-state index in [4.69, 9.17) is 16.3 Å². The summed E-state index contributed by atoms with van der Waals surface area (Å²) in [6, 6.07) is 5.37. The maximum Gasteiger partial charge on any atom is 0.120 e. The van der Waals surface area contributed by atoms with Gasteiger partial charge in [0, 0.05) is 9.89 Å². The maximum atomic E-state index is 10.8. The molecule has 0 aromatic heterocycles. The minimum atomic E-state index is -0.348. The zero-order chi connectivity index (χ0) is 11.5. The number of hydrogen-bond donors (Lipinski definition) is 0. The maximum absolute atomic E-state index is 10.8. The van der Waals surface area contributed by atoms with Gasteiger partial charge in [0.25, 0.3) is 0 Å². The molecule has 0 saturated carbocycles. The first-order valence-electron chi connectivity index (χ1n) is 4.60. The summed E-state index contributed by atoms with van der Waals surface area (Å²) in [6.45, 7) is 3.99. The Morgan fingerprint density at radius 3 is 2.67 bits per heavy atom. The molecule has 0 fully saturated rings. The molecule has 0 aliphatic carbocycles. The van der Waals surface area contributed by atoms with Crippen LogP contribution < -0.4 is 4.74 Å². The van der Waals surface area contributed by atoms with Gasteiger partial charge in [0.15, 0.2) is 0 Å². The Morgan fingerprint density at radius 2 is 2.13 bits per heavy atom. The van der Waals surface area contributed by atoms with Gasteiger partial charge in [-0.15, -0.1) is 0 Å². The van der Waals surface area contributed by atoms with Gasteiger partial charge in [-0.05, 0) is 34.1 Å². The quantitative estimate of drug-likeness (QED) is 0.826. The molecule has 1 rings (SSSR count). The van der Waals surface area contributed by atoms with Crippen LogP contribution >= 0.6 is 27.5 Å². The minimum absolute atomic E-state index is 0.155. The molecule has 1 radical (unpaired) electrons. The second-order valence-corrected chi connectivity index (χ2v) is 5.43. The molecule has 0 saturated heterocycles. The Balaban J connectivity index is 2.62. The molecule has 2 nitrogen and oxygen atoms in total. The normalized spacial score (nSPS) is 11.5. The molecule has 0 atom stereocenters. The van der Waals surface area contributed by atoms with E-state index in [1.807, 2.05) is 26.0 Å². The van der Waals surface area contributed by atoms with Crippen molar-refractivity contribution in [2.24, 2.45) is 5.41 Å². The number of rotatable bonds is 4. The molecule has 0 amide bonds. The highest BCUT2D eigenvalue weighted by molar-refractivity contribution is 9.10. The molecule has 0 aliphatic heterocycles. The Bertz CT molecular complexity index is 339. The number of halogens is 2. The molecule has 0 aliphatic rings. The molecule has 1 aromatic carbocycles. The van der Waals surface area contributed by atoms with E-state index >= 15 is 0 Å². The Labute approximate surface area is 103 Å². The summed E-state index contributed by atoms with van der Waals surface area (Å²) in [7, 11) is 0. The molecule has 0 unspecified atom stereocenters. The van der Waals surface area contributed by atoms with Crippen LogP contribution in [0.2, 0.25) is 5.02 Å². The highest BCUT2D eigenvalue weighted by Crippen LogP contribution is 2.27. The fourth-order valence-electron chi connectivity index (χ4n) is 0.887. The van der Waals surface area contributed by atoms with E-state index in [9.17, 15) is 5.11 Å². The first-order valence-corrected chi connectivity index (χ1v) is 5.78. The summed E-state index contributed by atoms with van der Waals surface area (Å²) < 4.78 is 6.33. The van der Waals surface area contributed by atoms with Crippen LogP contribution in [0.15, 0.2) is 22.7 Å². The second kappa shape index (κ2) is 5.19. The molecule has 0 N–H and O–H groups in total. The summed E-state index contributed by atoms with van der Waals surface area (Å²) >= 11 is 9.21. The fraction of sp³-hybridized carbons (Fsp3) is 0.455. The van der Waals surface area contributed by atoms with Gasteiger partial charge in [0.05, 0.1) is 18.2 Å². The lowest BCUT2D eigenvalue weighted by Gasteiger charge is -2.20. The van der Waals surface area contributed by atoms with Gasteiger partial charge in [-0.2, -0.15) is 0 Å². The minimum Gasteiger partial charge on any atom is -0.493 e. The number of hydrogen-bond acceptors (Lipinski definition) is 1. The van der Waals surface area contributed by atoms with E-state index in [0.29, 0.717) is 17.4 Å². The lowest BCUT2D eigenvalue weighted by molar-refractivity contribution is 0.0546. The van der Waals surface area contributed by atoms with E-state index < -0.39 is 0 Å². The average Bonchev–Trinajstić information content (AvgIpc) is 2.20. The molecular formula is C11H13BrClO2. The summed E-state index contributed by atoms with van der Waals surface area (Å²) in [4.78, 5) is 0. The molecule has 0 heterocycles. The van der Waals surface area contributed by atoms with Crippen molar-refractivity contribution in [1.29, 1.82) is 0 Å². The third kappa shape index (κ3) is 4.01. The van der Waals surface area contributed by atoms with Crippen molar-refractivity contribution >= 4 is 27.5 Å². The molecule has 83 valence electrons. The molecule has 1 aromatic rings. The Hall–Kier alpha value is -0.250. The van der Waals surface area contributed by atoms with Gasteiger partial charge in [-0.25, -0.2) is 5.11 Å². The lowest BCUT2D eigenvalue weighted by Crippen LogP contribution is -2.24. The summed E-state index contributed by atoms with van der Waals surface area (Å²) in [5.41, 5.74) is -0.348.